The Kier molecular flexibility index (Phi) is 5.10. The van der Waals surface area contributed by atoms with Crippen LogP contribution in [0, 0.1) is 0 Å². The van der Waals surface area contributed by atoms with E-state index in [1.807, 2.05) is 25.2 Å². The van der Waals surface area contributed by atoms with Gasteiger partial charge in [-0.15, -0.1) is 11.8 Å². The van der Waals surface area contributed by atoms with Crippen LogP contribution in [0.15, 0.2) is 23.1 Å². The molecule has 1 aromatic carbocycles. The zero-order chi connectivity index (χ0) is 10.6. The second-order valence-electron chi connectivity index (χ2n) is 3.08. The molecule has 0 fully saturated rings. The van der Waals surface area contributed by atoms with Crippen LogP contribution in [0.3, 0.4) is 0 Å². The highest BCUT2D eigenvalue weighted by molar-refractivity contribution is 7.99. The molecule has 4 heteroatoms. The fourth-order valence-electron chi connectivity index (χ4n) is 0.871. The Bertz CT molecular complexity index is 304. The minimum atomic E-state index is 0.495. The van der Waals surface area contributed by atoms with Crippen LogP contribution in [0.25, 0.3) is 0 Å². The minimum Gasteiger partial charge on any atom is -0.316 e. The Morgan fingerprint density at radius 3 is 2.64 bits per heavy atom. The molecule has 0 aliphatic rings. The third-order valence-corrected chi connectivity index (χ3v) is 3.88. The summed E-state index contributed by atoms with van der Waals surface area (Å²) < 4.78 is 0. The van der Waals surface area contributed by atoms with E-state index in [-0.39, 0.29) is 0 Å². The number of hydrogen-bond acceptors (Lipinski definition) is 2. The number of benzene rings is 1. The lowest BCUT2D eigenvalue weighted by Gasteiger charge is -2.09. The molecule has 1 rings (SSSR count). The monoisotopic (exact) mass is 249 g/mol. The predicted molar refractivity (Wildman–Crippen MR) is 65.7 cm³/mol. The Hall–Kier alpha value is 0.110. The van der Waals surface area contributed by atoms with Crippen molar-refractivity contribution < 1.29 is 0 Å². The first-order valence-electron chi connectivity index (χ1n) is 4.38. The van der Waals surface area contributed by atoms with Gasteiger partial charge in [-0.3, -0.25) is 0 Å². The van der Waals surface area contributed by atoms with E-state index < -0.39 is 0 Å². The summed E-state index contributed by atoms with van der Waals surface area (Å²) in [5.41, 5.74) is 0. The SMILES string of the molecule is CN[C@@H](C)CSc1ccc(Cl)c(Cl)c1. The van der Waals surface area contributed by atoms with E-state index in [9.17, 15) is 0 Å². The summed E-state index contributed by atoms with van der Waals surface area (Å²) in [6.45, 7) is 2.14. The molecular weight excluding hydrogens is 237 g/mol. The van der Waals surface area contributed by atoms with Gasteiger partial charge in [-0.1, -0.05) is 23.2 Å². The van der Waals surface area contributed by atoms with E-state index in [1.165, 1.54) is 0 Å². The number of halogens is 2. The normalized spacial score (nSPS) is 12.9. The topological polar surface area (TPSA) is 12.0 Å². The Labute approximate surface area is 99.2 Å². The van der Waals surface area contributed by atoms with Crippen LogP contribution in [-0.2, 0) is 0 Å². The highest BCUT2D eigenvalue weighted by Crippen LogP contribution is 2.28. The van der Waals surface area contributed by atoms with Gasteiger partial charge in [0, 0.05) is 16.7 Å². The summed E-state index contributed by atoms with van der Waals surface area (Å²) in [5.74, 6) is 1.02. The second-order valence-corrected chi connectivity index (χ2v) is 4.98. The first-order valence-corrected chi connectivity index (χ1v) is 6.12. The molecule has 0 saturated carbocycles. The molecule has 0 amide bonds. The Morgan fingerprint density at radius 2 is 2.07 bits per heavy atom. The molecule has 78 valence electrons. The third kappa shape index (κ3) is 3.70. The third-order valence-electron chi connectivity index (χ3n) is 1.88. The van der Waals surface area contributed by atoms with Crippen LogP contribution in [0.1, 0.15) is 6.92 Å². The highest BCUT2D eigenvalue weighted by Gasteiger charge is 2.02. The first-order chi connectivity index (χ1) is 6.63. The van der Waals surface area contributed by atoms with Crippen LogP contribution >= 0.6 is 35.0 Å². The lowest BCUT2D eigenvalue weighted by Crippen LogP contribution is -2.23. The van der Waals surface area contributed by atoms with Crippen LogP contribution < -0.4 is 5.32 Å². The summed E-state index contributed by atoms with van der Waals surface area (Å²) in [6.07, 6.45) is 0. The van der Waals surface area contributed by atoms with Gasteiger partial charge in [-0.25, -0.2) is 0 Å². The van der Waals surface area contributed by atoms with Crippen molar-refractivity contribution in [2.24, 2.45) is 0 Å². The lowest BCUT2D eigenvalue weighted by molar-refractivity contribution is 0.677. The first kappa shape index (κ1) is 12.2. The maximum atomic E-state index is 5.90. The number of hydrogen-bond donors (Lipinski definition) is 1. The zero-order valence-corrected chi connectivity index (χ0v) is 10.5. The van der Waals surface area contributed by atoms with E-state index in [2.05, 4.69) is 12.2 Å². The average Bonchev–Trinajstić information content (AvgIpc) is 2.19. The van der Waals surface area contributed by atoms with E-state index in [4.69, 9.17) is 23.2 Å². The van der Waals surface area contributed by atoms with E-state index in [1.54, 1.807) is 11.8 Å². The molecule has 0 radical (unpaired) electrons. The molecule has 0 heterocycles. The van der Waals surface area contributed by atoms with Crippen molar-refractivity contribution in [3.05, 3.63) is 28.2 Å². The van der Waals surface area contributed by atoms with E-state index >= 15 is 0 Å². The van der Waals surface area contributed by atoms with Crippen LogP contribution in [-0.4, -0.2) is 18.8 Å². The summed E-state index contributed by atoms with van der Waals surface area (Å²) in [7, 11) is 1.96. The number of rotatable bonds is 4. The molecule has 0 spiro atoms. The molecule has 0 aliphatic heterocycles. The zero-order valence-electron chi connectivity index (χ0n) is 8.18. The van der Waals surface area contributed by atoms with Gasteiger partial charge in [0.2, 0.25) is 0 Å². The smallest absolute Gasteiger partial charge is 0.0603 e. The van der Waals surface area contributed by atoms with Gasteiger partial charge in [0.05, 0.1) is 10.0 Å². The van der Waals surface area contributed by atoms with Crippen molar-refractivity contribution in [2.45, 2.75) is 17.9 Å². The summed E-state index contributed by atoms with van der Waals surface area (Å²) >= 11 is 13.5. The van der Waals surface area contributed by atoms with Crippen LogP contribution in [0.5, 0.6) is 0 Å². The lowest BCUT2D eigenvalue weighted by atomic mass is 10.4. The van der Waals surface area contributed by atoms with Gasteiger partial charge in [0.25, 0.3) is 0 Å². The molecular formula is C10H13Cl2NS. The van der Waals surface area contributed by atoms with Crippen LogP contribution in [0.2, 0.25) is 10.0 Å². The van der Waals surface area contributed by atoms with Crippen molar-refractivity contribution >= 4 is 35.0 Å². The molecule has 0 aromatic heterocycles. The van der Waals surface area contributed by atoms with E-state index in [0.717, 1.165) is 10.6 Å². The fourth-order valence-corrected chi connectivity index (χ4v) is 2.21. The summed E-state index contributed by atoms with van der Waals surface area (Å²) in [6, 6.07) is 6.21. The largest absolute Gasteiger partial charge is 0.316 e. The van der Waals surface area contributed by atoms with Gasteiger partial charge in [0.1, 0.15) is 0 Å². The van der Waals surface area contributed by atoms with Crippen molar-refractivity contribution in [1.82, 2.24) is 5.32 Å². The number of nitrogens with one attached hydrogen (secondary N) is 1. The van der Waals surface area contributed by atoms with Gasteiger partial charge in [-0.2, -0.15) is 0 Å². The van der Waals surface area contributed by atoms with Crippen LogP contribution in [0.4, 0.5) is 0 Å². The summed E-state index contributed by atoms with van der Waals surface area (Å²) in [4.78, 5) is 1.15. The molecule has 14 heavy (non-hydrogen) atoms. The fraction of sp³-hybridized carbons (Fsp3) is 0.400. The van der Waals surface area contributed by atoms with Gasteiger partial charge in [0.15, 0.2) is 0 Å². The van der Waals surface area contributed by atoms with Gasteiger partial charge >= 0.3 is 0 Å². The molecule has 1 atom stereocenters. The average molecular weight is 250 g/mol. The molecule has 1 aromatic rings. The maximum absolute atomic E-state index is 5.90. The molecule has 0 aliphatic carbocycles. The van der Waals surface area contributed by atoms with Gasteiger partial charge < -0.3 is 5.32 Å². The number of thioether (sulfide) groups is 1. The second kappa shape index (κ2) is 5.86. The highest BCUT2D eigenvalue weighted by atomic mass is 35.5. The summed E-state index contributed by atoms with van der Waals surface area (Å²) in [5, 5.41) is 4.41. The van der Waals surface area contributed by atoms with Gasteiger partial charge in [-0.05, 0) is 32.2 Å². The Balaban J connectivity index is 2.55. The quantitative estimate of drug-likeness (QED) is 0.818. The van der Waals surface area contributed by atoms with E-state index in [0.29, 0.717) is 16.1 Å². The predicted octanol–water partition coefficient (Wildman–Crippen LogP) is 3.69. The van der Waals surface area contributed by atoms with Crippen molar-refractivity contribution in [2.75, 3.05) is 12.8 Å². The molecule has 0 unspecified atom stereocenters. The van der Waals surface area contributed by atoms with Crippen molar-refractivity contribution in [3.63, 3.8) is 0 Å². The van der Waals surface area contributed by atoms with Crippen molar-refractivity contribution in [3.8, 4) is 0 Å². The standard InChI is InChI=1S/C10H13Cl2NS/c1-7(13-2)6-14-8-3-4-9(11)10(12)5-8/h3-5,7,13H,6H2,1-2H3/t7-/m0/s1. The Morgan fingerprint density at radius 1 is 1.36 bits per heavy atom. The molecule has 0 saturated heterocycles. The molecule has 1 nitrogen and oxygen atoms in total. The molecule has 1 N–H and O–H groups in total. The van der Waals surface area contributed by atoms with Crippen molar-refractivity contribution in [1.29, 1.82) is 0 Å². The minimum absolute atomic E-state index is 0.495. The maximum Gasteiger partial charge on any atom is 0.0603 e. The molecule has 0 bridgehead atoms.